The number of nitrogens with one attached hydrogen (secondary N) is 1. The molecule has 18 heavy (non-hydrogen) atoms. The third-order valence-corrected chi connectivity index (χ3v) is 5.77. The Kier molecular flexibility index (Phi) is 4.64. The molecule has 2 rings (SSSR count). The van der Waals surface area contributed by atoms with Gasteiger partial charge in [0.05, 0.1) is 6.10 Å². The molecule has 1 saturated carbocycles. The average Bonchev–Trinajstić information content (AvgIpc) is 2.32. The topological polar surface area (TPSA) is 69.6 Å². The highest BCUT2D eigenvalue weighted by atomic mass is 32.2. The second kappa shape index (κ2) is 5.86. The lowest BCUT2D eigenvalue weighted by Gasteiger charge is -2.32. The zero-order valence-electron chi connectivity index (χ0n) is 11.0. The number of hydrogen-bond donors (Lipinski definition) is 2. The predicted octanol–water partition coefficient (Wildman–Crippen LogP) is 0.856. The maximum atomic E-state index is 12.2. The van der Waals surface area contributed by atoms with E-state index in [4.69, 9.17) is 0 Å². The minimum Gasteiger partial charge on any atom is -0.393 e. The fourth-order valence-corrected chi connectivity index (χ4v) is 4.20. The zero-order chi connectivity index (χ0) is 13.2. The van der Waals surface area contributed by atoms with Gasteiger partial charge in [0.25, 0.3) is 10.2 Å². The van der Waals surface area contributed by atoms with Crippen LogP contribution in [0.2, 0.25) is 0 Å². The first kappa shape index (κ1) is 14.2. The van der Waals surface area contributed by atoms with Crippen LogP contribution in [-0.4, -0.2) is 43.1 Å². The quantitative estimate of drug-likeness (QED) is 0.803. The third-order valence-electron chi connectivity index (χ3n) is 4.09. The van der Waals surface area contributed by atoms with E-state index < -0.39 is 10.2 Å². The Morgan fingerprint density at radius 1 is 1.06 bits per heavy atom. The molecule has 2 aliphatic rings. The van der Waals surface area contributed by atoms with Gasteiger partial charge in [-0.15, -0.1) is 0 Å². The predicted molar refractivity (Wildman–Crippen MR) is 70.3 cm³/mol. The van der Waals surface area contributed by atoms with Gasteiger partial charge in [-0.05, 0) is 44.4 Å². The molecule has 106 valence electrons. The smallest absolute Gasteiger partial charge is 0.279 e. The van der Waals surface area contributed by atoms with Crippen molar-refractivity contribution < 1.29 is 13.5 Å². The van der Waals surface area contributed by atoms with Gasteiger partial charge in [-0.25, -0.2) is 0 Å². The molecular weight excluding hydrogens is 252 g/mol. The summed E-state index contributed by atoms with van der Waals surface area (Å²) in [5.74, 6) is 0.626. The lowest BCUT2D eigenvalue weighted by Crippen LogP contribution is -2.49. The van der Waals surface area contributed by atoms with Gasteiger partial charge in [-0.2, -0.15) is 17.4 Å². The van der Waals surface area contributed by atoms with Crippen LogP contribution >= 0.6 is 0 Å². The van der Waals surface area contributed by atoms with Gasteiger partial charge in [0, 0.05) is 19.1 Å². The second-order valence-corrected chi connectivity index (χ2v) is 7.41. The highest BCUT2D eigenvalue weighted by Gasteiger charge is 2.30. The Bertz CT molecular complexity index is 356. The first-order valence-electron chi connectivity index (χ1n) is 6.93. The lowest BCUT2D eigenvalue weighted by atomic mass is 9.94. The molecule has 1 heterocycles. The Balaban J connectivity index is 1.87. The summed E-state index contributed by atoms with van der Waals surface area (Å²) in [5, 5.41) is 9.42. The van der Waals surface area contributed by atoms with Crippen molar-refractivity contribution in [2.24, 2.45) is 5.92 Å². The minimum atomic E-state index is -3.32. The zero-order valence-corrected chi connectivity index (χ0v) is 11.8. The van der Waals surface area contributed by atoms with Crippen molar-refractivity contribution in [3.05, 3.63) is 0 Å². The SMILES string of the molecule is CC1CCN(S(=O)(=O)NC2CCC(O)CC2)CC1. The first-order chi connectivity index (χ1) is 8.47. The van der Waals surface area contributed by atoms with Crippen LogP contribution < -0.4 is 4.72 Å². The fourth-order valence-electron chi connectivity index (χ4n) is 2.70. The molecule has 6 heteroatoms. The lowest BCUT2D eigenvalue weighted by molar-refractivity contribution is 0.120. The van der Waals surface area contributed by atoms with Crippen LogP contribution in [0.4, 0.5) is 0 Å². The molecule has 0 spiro atoms. The summed E-state index contributed by atoms with van der Waals surface area (Å²) in [6, 6.07) is -0.00208. The summed E-state index contributed by atoms with van der Waals surface area (Å²) in [7, 11) is -3.32. The molecule has 0 atom stereocenters. The van der Waals surface area contributed by atoms with Crippen molar-refractivity contribution in [1.82, 2.24) is 9.03 Å². The molecule has 0 aromatic heterocycles. The Labute approximate surface area is 110 Å². The van der Waals surface area contributed by atoms with E-state index in [1.54, 1.807) is 4.31 Å². The van der Waals surface area contributed by atoms with Crippen molar-refractivity contribution in [3.63, 3.8) is 0 Å². The highest BCUT2D eigenvalue weighted by Crippen LogP contribution is 2.22. The number of aliphatic hydroxyl groups excluding tert-OH is 1. The molecule has 2 N–H and O–H groups in total. The van der Waals surface area contributed by atoms with E-state index in [0.29, 0.717) is 31.8 Å². The summed E-state index contributed by atoms with van der Waals surface area (Å²) in [6.45, 7) is 3.43. The van der Waals surface area contributed by atoms with E-state index in [1.165, 1.54) is 0 Å². The van der Waals surface area contributed by atoms with Gasteiger partial charge in [0.15, 0.2) is 0 Å². The largest absolute Gasteiger partial charge is 0.393 e. The number of piperidine rings is 1. The minimum absolute atomic E-state index is 0.00208. The van der Waals surface area contributed by atoms with Crippen LogP contribution in [0.1, 0.15) is 45.4 Å². The van der Waals surface area contributed by atoms with Crippen molar-refractivity contribution in [3.8, 4) is 0 Å². The molecular formula is C12H24N2O3S. The van der Waals surface area contributed by atoms with Crippen LogP contribution in [0.15, 0.2) is 0 Å². The van der Waals surface area contributed by atoms with Crippen molar-refractivity contribution >= 4 is 10.2 Å². The Hall–Kier alpha value is -0.170. The molecule has 0 amide bonds. The molecule has 0 aromatic carbocycles. The molecule has 5 nitrogen and oxygen atoms in total. The van der Waals surface area contributed by atoms with E-state index in [1.807, 2.05) is 0 Å². The summed E-state index contributed by atoms with van der Waals surface area (Å²) in [5.41, 5.74) is 0. The third kappa shape index (κ3) is 3.66. The molecule has 0 unspecified atom stereocenters. The van der Waals surface area contributed by atoms with Crippen LogP contribution in [0.5, 0.6) is 0 Å². The number of hydrogen-bond acceptors (Lipinski definition) is 3. The van der Waals surface area contributed by atoms with Gasteiger partial charge >= 0.3 is 0 Å². The van der Waals surface area contributed by atoms with E-state index in [-0.39, 0.29) is 12.1 Å². The van der Waals surface area contributed by atoms with Gasteiger partial charge in [-0.1, -0.05) is 6.92 Å². The molecule has 0 radical (unpaired) electrons. The molecule has 0 bridgehead atoms. The van der Waals surface area contributed by atoms with Gasteiger partial charge in [-0.3, -0.25) is 0 Å². The average molecular weight is 276 g/mol. The van der Waals surface area contributed by atoms with Crippen LogP contribution in [0, 0.1) is 5.92 Å². The van der Waals surface area contributed by atoms with Crippen molar-refractivity contribution in [2.45, 2.75) is 57.6 Å². The van der Waals surface area contributed by atoms with Crippen molar-refractivity contribution in [1.29, 1.82) is 0 Å². The van der Waals surface area contributed by atoms with Crippen molar-refractivity contribution in [2.75, 3.05) is 13.1 Å². The summed E-state index contributed by atoms with van der Waals surface area (Å²) in [6.07, 6.45) is 4.53. The van der Waals surface area contributed by atoms with Gasteiger partial charge < -0.3 is 5.11 Å². The highest BCUT2D eigenvalue weighted by molar-refractivity contribution is 7.87. The van der Waals surface area contributed by atoms with E-state index in [9.17, 15) is 13.5 Å². The van der Waals surface area contributed by atoms with Crippen LogP contribution in [0.25, 0.3) is 0 Å². The number of aliphatic hydroxyl groups is 1. The fraction of sp³-hybridized carbons (Fsp3) is 1.00. The van der Waals surface area contributed by atoms with Gasteiger partial charge in [0.1, 0.15) is 0 Å². The van der Waals surface area contributed by atoms with E-state index in [0.717, 1.165) is 25.7 Å². The summed E-state index contributed by atoms with van der Waals surface area (Å²) >= 11 is 0. The maximum Gasteiger partial charge on any atom is 0.279 e. The van der Waals surface area contributed by atoms with Gasteiger partial charge in [0.2, 0.25) is 0 Å². The second-order valence-electron chi connectivity index (χ2n) is 5.71. The molecule has 1 saturated heterocycles. The normalized spacial score (nSPS) is 32.6. The Morgan fingerprint density at radius 3 is 2.17 bits per heavy atom. The maximum absolute atomic E-state index is 12.2. The number of rotatable bonds is 3. The van der Waals surface area contributed by atoms with E-state index in [2.05, 4.69) is 11.6 Å². The first-order valence-corrected chi connectivity index (χ1v) is 8.37. The number of nitrogens with zero attached hydrogens (tertiary/aromatic N) is 1. The molecule has 0 aromatic rings. The summed E-state index contributed by atoms with van der Waals surface area (Å²) < 4.78 is 28.7. The standard InChI is InChI=1S/C12H24N2O3S/c1-10-6-8-14(9-7-10)18(16,17)13-11-2-4-12(15)5-3-11/h10-13,15H,2-9H2,1H3. The monoisotopic (exact) mass is 276 g/mol. The molecule has 2 fully saturated rings. The Morgan fingerprint density at radius 2 is 1.61 bits per heavy atom. The summed E-state index contributed by atoms with van der Waals surface area (Å²) in [4.78, 5) is 0. The van der Waals surface area contributed by atoms with Crippen LogP contribution in [0.3, 0.4) is 0 Å². The molecule has 1 aliphatic heterocycles. The van der Waals surface area contributed by atoms with E-state index >= 15 is 0 Å². The van der Waals surface area contributed by atoms with Crippen LogP contribution in [-0.2, 0) is 10.2 Å². The molecule has 1 aliphatic carbocycles.